The zero-order valence-electron chi connectivity index (χ0n) is 10.4. The number of ether oxygens (including phenoxy) is 1. The van der Waals surface area contributed by atoms with Gasteiger partial charge in [0, 0.05) is 24.4 Å². The van der Waals surface area contributed by atoms with Crippen LogP contribution in [0.3, 0.4) is 0 Å². The number of esters is 1. The van der Waals surface area contributed by atoms with Crippen LogP contribution in [0.15, 0.2) is 0 Å². The summed E-state index contributed by atoms with van der Waals surface area (Å²) in [5.74, 6) is -0.852. The number of aromatic nitrogens is 1. The highest BCUT2D eigenvalue weighted by molar-refractivity contribution is 7.92. The lowest BCUT2D eigenvalue weighted by Crippen LogP contribution is -2.22. The number of thiazole rings is 1. The van der Waals surface area contributed by atoms with Gasteiger partial charge in [0.05, 0.1) is 25.0 Å². The summed E-state index contributed by atoms with van der Waals surface area (Å²) in [4.78, 5) is 16.2. The van der Waals surface area contributed by atoms with Crippen molar-refractivity contribution in [3.63, 3.8) is 0 Å². The first-order chi connectivity index (χ1) is 9.00. The van der Waals surface area contributed by atoms with Crippen molar-refractivity contribution < 1.29 is 17.9 Å². The predicted octanol–water partition coefficient (Wildman–Crippen LogP) is 0.0936. The molecule has 2 rings (SSSR count). The standard InChI is InChI=1S/C10H15N3O4S2/c1-17-9(14)3-5-19(15,16)13-10-12-7-2-4-11-6-8(7)18-10/h11H,2-6H2,1H3,(H,12,13). The molecule has 1 aromatic heterocycles. The third-order valence-electron chi connectivity index (χ3n) is 2.65. The highest BCUT2D eigenvalue weighted by Gasteiger charge is 2.19. The topological polar surface area (TPSA) is 97.4 Å². The SMILES string of the molecule is COC(=O)CCS(=O)(=O)Nc1nc2c(s1)CNCC2. The monoisotopic (exact) mass is 305 g/mol. The molecule has 1 aliphatic rings. The third-order valence-corrected chi connectivity index (χ3v) is 5.04. The zero-order valence-corrected chi connectivity index (χ0v) is 12.1. The van der Waals surface area contributed by atoms with Crippen LogP contribution in [0.4, 0.5) is 5.13 Å². The van der Waals surface area contributed by atoms with Crippen LogP contribution in [0.2, 0.25) is 0 Å². The van der Waals surface area contributed by atoms with Crippen LogP contribution in [-0.4, -0.2) is 38.8 Å². The summed E-state index contributed by atoms with van der Waals surface area (Å²) >= 11 is 1.32. The van der Waals surface area contributed by atoms with Crippen molar-refractivity contribution in [3.8, 4) is 0 Å². The van der Waals surface area contributed by atoms with E-state index in [4.69, 9.17) is 0 Å². The van der Waals surface area contributed by atoms with Gasteiger partial charge in [0.1, 0.15) is 0 Å². The first kappa shape index (κ1) is 14.2. The van der Waals surface area contributed by atoms with Gasteiger partial charge >= 0.3 is 5.97 Å². The Kier molecular flexibility index (Phi) is 4.38. The second-order valence-electron chi connectivity index (χ2n) is 4.06. The molecule has 0 atom stereocenters. The fraction of sp³-hybridized carbons (Fsp3) is 0.600. The van der Waals surface area contributed by atoms with Crippen molar-refractivity contribution in [2.75, 3.05) is 24.1 Å². The Morgan fingerprint density at radius 2 is 2.37 bits per heavy atom. The maximum atomic E-state index is 11.8. The Labute approximate surface area is 115 Å². The van der Waals surface area contributed by atoms with Gasteiger partial charge in [0.25, 0.3) is 0 Å². The van der Waals surface area contributed by atoms with Crippen molar-refractivity contribution in [3.05, 3.63) is 10.6 Å². The average Bonchev–Trinajstić information content (AvgIpc) is 2.77. The molecule has 0 bridgehead atoms. The van der Waals surface area contributed by atoms with E-state index in [0.29, 0.717) is 5.13 Å². The highest BCUT2D eigenvalue weighted by Crippen LogP contribution is 2.26. The average molecular weight is 305 g/mol. The van der Waals surface area contributed by atoms with Crippen molar-refractivity contribution >= 4 is 32.5 Å². The van der Waals surface area contributed by atoms with Crippen LogP contribution < -0.4 is 10.0 Å². The number of carbonyl (C=O) groups excluding carboxylic acids is 1. The van der Waals surface area contributed by atoms with Gasteiger partial charge in [-0.3, -0.25) is 9.52 Å². The van der Waals surface area contributed by atoms with E-state index in [9.17, 15) is 13.2 Å². The first-order valence-corrected chi connectivity index (χ1v) is 8.23. The minimum absolute atomic E-state index is 0.168. The molecule has 19 heavy (non-hydrogen) atoms. The molecule has 2 N–H and O–H groups in total. The summed E-state index contributed by atoms with van der Waals surface area (Å²) in [6.45, 7) is 1.57. The van der Waals surface area contributed by atoms with Crippen molar-refractivity contribution in [1.29, 1.82) is 0 Å². The molecule has 0 spiro atoms. The number of sulfonamides is 1. The van der Waals surface area contributed by atoms with E-state index in [2.05, 4.69) is 19.8 Å². The summed E-state index contributed by atoms with van der Waals surface area (Å²) in [6.07, 6.45) is 0.633. The predicted molar refractivity (Wildman–Crippen MR) is 71.6 cm³/mol. The highest BCUT2D eigenvalue weighted by atomic mass is 32.2. The summed E-state index contributed by atoms with van der Waals surface area (Å²) in [5.41, 5.74) is 0.939. The zero-order chi connectivity index (χ0) is 13.9. The van der Waals surface area contributed by atoms with Gasteiger partial charge in [-0.05, 0) is 0 Å². The van der Waals surface area contributed by atoms with Gasteiger partial charge in [-0.2, -0.15) is 0 Å². The first-order valence-electron chi connectivity index (χ1n) is 5.77. The Hall–Kier alpha value is -1.19. The number of hydrogen-bond acceptors (Lipinski definition) is 7. The Bertz CT molecular complexity index is 544. The number of nitrogens with one attached hydrogen (secondary N) is 2. The van der Waals surface area contributed by atoms with Crippen LogP contribution in [0.5, 0.6) is 0 Å². The minimum Gasteiger partial charge on any atom is -0.469 e. The number of rotatable bonds is 5. The van der Waals surface area contributed by atoms with Crippen LogP contribution in [0.25, 0.3) is 0 Å². The molecule has 7 nitrogen and oxygen atoms in total. The van der Waals surface area contributed by atoms with E-state index in [1.54, 1.807) is 0 Å². The van der Waals surface area contributed by atoms with Gasteiger partial charge < -0.3 is 10.1 Å². The van der Waals surface area contributed by atoms with Crippen molar-refractivity contribution in [2.45, 2.75) is 19.4 Å². The molecule has 1 aromatic rings. The van der Waals surface area contributed by atoms with Crippen molar-refractivity contribution in [1.82, 2.24) is 10.3 Å². The van der Waals surface area contributed by atoms with Crippen LogP contribution in [0, 0.1) is 0 Å². The lowest BCUT2D eigenvalue weighted by Gasteiger charge is -2.09. The normalized spacial score (nSPS) is 14.8. The minimum atomic E-state index is -3.56. The molecular weight excluding hydrogens is 290 g/mol. The second kappa shape index (κ2) is 5.85. The van der Waals surface area contributed by atoms with E-state index in [1.807, 2.05) is 0 Å². The van der Waals surface area contributed by atoms with E-state index in [-0.39, 0.29) is 12.2 Å². The summed E-state index contributed by atoms with van der Waals surface area (Å²) in [7, 11) is -2.34. The maximum absolute atomic E-state index is 11.8. The van der Waals surface area contributed by atoms with E-state index in [1.165, 1.54) is 18.4 Å². The molecule has 0 amide bonds. The Morgan fingerprint density at radius 3 is 3.05 bits per heavy atom. The largest absolute Gasteiger partial charge is 0.469 e. The van der Waals surface area contributed by atoms with Crippen LogP contribution in [-0.2, 0) is 32.5 Å². The Balaban J connectivity index is 1.99. The molecule has 0 saturated heterocycles. The Morgan fingerprint density at radius 1 is 1.58 bits per heavy atom. The van der Waals surface area contributed by atoms with Crippen LogP contribution in [0.1, 0.15) is 17.0 Å². The molecule has 106 valence electrons. The number of hydrogen-bond donors (Lipinski definition) is 2. The molecule has 1 aliphatic heterocycles. The van der Waals surface area contributed by atoms with Gasteiger partial charge in [-0.1, -0.05) is 11.3 Å². The number of fused-ring (bicyclic) bond motifs is 1. The third kappa shape index (κ3) is 3.88. The molecule has 0 fully saturated rings. The number of methoxy groups -OCH3 is 1. The number of anilines is 1. The lowest BCUT2D eigenvalue weighted by atomic mass is 10.2. The molecule has 0 aliphatic carbocycles. The summed E-state index contributed by atoms with van der Waals surface area (Å²) in [5, 5.41) is 3.56. The molecule has 0 radical (unpaired) electrons. The fourth-order valence-electron chi connectivity index (χ4n) is 1.67. The van der Waals surface area contributed by atoms with E-state index >= 15 is 0 Å². The van der Waals surface area contributed by atoms with Gasteiger partial charge in [0.15, 0.2) is 5.13 Å². The lowest BCUT2D eigenvalue weighted by molar-refractivity contribution is -0.140. The van der Waals surface area contributed by atoms with Crippen molar-refractivity contribution in [2.24, 2.45) is 0 Å². The van der Waals surface area contributed by atoms with Gasteiger partial charge in [-0.25, -0.2) is 13.4 Å². The number of carbonyl (C=O) groups is 1. The molecule has 0 saturated carbocycles. The summed E-state index contributed by atoms with van der Waals surface area (Å²) in [6, 6.07) is 0. The van der Waals surface area contributed by atoms with Gasteiger partial charge in [-0.15, -0.1) is 0 Å². The quantitative estimate of drug-likeness (QED) is 0.749. The molecule has 0 aromatic carbocycles. The fourth-order valence-corrected chi connectivity index (χ4v) is 3.90. The molecule has 0 unspecified atom stereocenters. The molecule has 9 heteroatoms. The second-order valence-corrected chi connectivity index (χ2v) is 6.99. The van der Waals surface area contributed by atoms with Crippen LogP contribution >= 0.6 is 11.3 Å². The van der Waals surface area contributed by atoms with E-state index in [0.717, 1.165) is 30.1 Å². The molecular formula is C10H15N3O4S2. The van der Waals surface area contributed by atoms with Gasteiger partial charge in [0.2, 0.25) is 10.0 Å². The van der Waals surface area contributed by atoms with E-state index < -0.39 is 16.0 Å². The number of nitrogens with zero attached hydrogens (tertiary/aromatic N) is 1. The summed E-state index contributed by atoms with van der Waals surface area (Å²) < 4.78 is 30.3. The smallest absolute Gasteiger partial charge is 0.306 e. The molecule has 2 heterocycles. The maximum Gasteiger partial charge on any atom is 0.306 e.